The normalized spacial score (nSPS) is 17.2. The van der Waals surface area contributed by atoms with Gasteiger partial charge in [-0.05, 0) is 24.0 Å². The van der Waals surface area contributed by atoms with E-state index in [4.69, 9.17) is 4.74 Å². The van der Waals surface area contributed by atoms with Crippen molar-refractivity contribution in [2.75, 3.05) is 0 Å². The molecule has 1 aliphatic carbocycles. The van der Waals surface area contributed by atoms with Gasteiger partial charge in [0.25, 0.3) is 0 Å². The maximum atomic E-state index is 5.92. The van der Waals surface area contributed by atoms with E-state index >= 15 is 0 Å². The topological polar surface area (TPSA) is 9.23 Å². The highest BCUT2D eigenvalue weighted by molar-refractivity contribution is 5.47. The third-order valence-electron chi connectivity index (χ3n) is 3.25. The highest BCUT2D eigenvalue weighted by Gasteiger charge is 2.13. The molecule has 0 N–H and O–H groups in total. The fourth-order valence-electron chi connectivity index (χ4n) is 2.20. The molecule has 0 aliphatic heterocycles. The fraction of sp³-hybridized carbons (Fsp3) is 0.467. The molecule has 1 heteroatoms. The standard InChI is InChI=1S/C15H20O/c1-2-13-8-10-14(11-9-13)12-16-15-6-4-3-5-7-15/h2,8-11,15H,1,3-7,12H2. The molecular formula is C15H20O. The van der Waals surface area contributed by atoms with Gasteiger partial charge in [-0.1, -0.05) is 56.2 Å². The fourth-order valence-corrected chi connectivity index (χ4v) is 2.20. The highest BCUT2D eigenvalue weighted by Crippen LogP contribution is 2.21. The lowest BCUT2D eigenvalue weighted by molar-refractivity contribution is 0.0169. The number of rotatable bonds is 4. The van der Waals surface area contributed by atoms with Crippen LogP contribution in [0.25, 0.3) is 6.08 Å². The molecule has 86 valence electrons. The van der Waals surface area contributed by atoms with Crippen LogP contribution in [0.4, 0.5) is 0 Å². The molecule has 2 rings (SSSR count). The summed E-state index contributed by atoms with van der Waals surface area (Å²) in [6.07, 6.45) is 8.89. The van der Waals surface area contributed by atoms with Gasteiger partial charge in [-0.3, -0.25) is 0 Å². The van der Waals surface area contributed by atoms with Crippen LogP contribution in [0, 0.1) is 0 Å². The first kappa shape index (κ1) is 11.4. The van der Waals surface area contributed by atoms with Crippen LogP contribution in [-0.4, -0.2) is 6.10 Å². The SMILES string of the molecule is C=Cc1ccc(COC2CCCCC2)cc1. The van der Waals surface area contributed by atoms with Gasteiger partial charge in [0.2, 0.25) is 0 Å². The van der Waals surface area contributed by atoms with Crippen LogP contribution in [0.5, 0.6) is 0 Å². The maximum Gasteiger partial charge on any atom is 0.0720 e. The molecule has 0 spiro atoms. The van der Waals surface area contributed by atoms with Crippen molar-refractivity contribution in [2.45, 2.75) is 44.8 Å². The largest absolute Gasteiger partial charge is 0.374 e. The van der Waals surface area contributed by atoms with Gasteiger partial charge in [-0.15, -0.1) is 0 Å². The molecule has 0 unspecified atom stereocenters. The molecule has 0 atom stereocenters. The van der Waals surface area contributed by atoms with Gasteiger partial charge in [-0.25, -0.2) is 0 Å². The monoisotopic (exact) mass is 216 g/mol. The van der Waals surface area contributed by atoms with Crippen LogP contribution in [0.15, 0.2) is 30.8 Å². The quantitative estimate of drug-likeness (QED) is 0.733. The summed E-state index contributed by atoms with van der Waals surface area (Å²) in [5.41, 5.74) is 2.43. The van der Waals surface area contributed by atoms with E-state index in [9.17, 15) is 0 Å². The molecule has 0 bridgehead atoms. The third-order valence-corrected chi connectivity index (χ3v) is 3.25. The van der Waals surface area contributed by atoms with E-state index in [1.807, 2.05) is 6.08 Å². The zero-order valence-electron chi connectivity index (χ0n) is 9.82. The zero-order valence-corrected chi connectivity index (χ0v) is 9.82. The van der Waals surface area contributed by atoms with Gasteiger partial charge < -0.3 is 4.74 Å². The molecule has 1 nitrogen and oxygen atoms in total. The Kier molecular flexibility index (Phi) is 4.17. The van der Waals surface area contributed by atoms with Gasteiger partial charge in [0, 0.05) is 0 Å². The molecule has 0 aromatic heterocycles. The molecular weight excluding hydrogens is 196 g/mol. The number of hydrogen-bond donors (Lipinski definition) is 0. The van der Waals surface area contributed by atoms with Crippen LogP contribution in [0.2, 0.25) is 0 Å². The van der Waals surface area contributed by atoms with Crippen molar-refractivity contribution >= 4 is 6.08 Å². The van der Waals surface area contributed by atoms with E-state index in [0.717, 1.165) is 6.61 Å². The van der Waals surface area contributed by atoms with Crippen LogP contribution in [-0.2, 0) is 11.3 Å². The van der Waals surface area contributed by atoms with Gasteiger partial charge in [0.05, 0.1) is 12.7 Å². The Morgan fingerprint density at radius 2 is 1.81 bits per heavy atom. The summed E-state index contributed by atoms with van der Waals surface area (Å²) in [7, 11) is 0. The Bertz CT molecular complexity index is 320. The Balaban J connectivity index is 1.81. The maximum absolute atomic E-state index is 5.92. The molecule has 1 aromatic carbocycles. The molecule has 1 aromatic rings. The number of ether oxygens (including phenoxy) is 1. The molecule has 0 heterocycles. The summed E-state index contributed by atoms with van der Waals surface area (Å²) >= 11 is 0. The summed E-state index contributed by atoms with van der Waals surface area (Å²) in [6, 6.07) is 8.43. The molecule has 1 saturated carbocycles. The summed E-state index contributed by atoms with van der Waals surface area (Å²) < 4.78 is 5.92. The van der Waals surface area contributed by atoms with E-state index < -0.39 is 0 Å². The first-order valence-electron chi connectivity index (χ1n) is 6.21. The predicted octanol–water partition coefficient (Wildman–Crippen LogP) is 4.18. The molecule has 0 radical (unpaired) electrons. The predicted molar refractivity (Wildman–Crippen MR) is 68.2 cm³/mol. The second-order valence-electron chi connectivity index (χ2n) is 4.52. The van der Waals surface area contributed by atoms with Crippen LogP contribution >= 0.6 is 0 Å². The van der Waals surface area contributed by atoms with E-state index in [1.165, 1.54) is 43.2 Å². The average Bonchev–Trinajstić information content (AvgIpc) is 2.38. The van der Waals surface area contributed by atoms with Gasteiger partial charge >= 0.3 is 0 Å². The second kappa shape index (κ2) is 5.86. The lowest BCUT2D eigenvalue weighted by Gasteiger charge is -2.22. The summed E-state index contributed by atoms with van der Waals surface area (Å²) in [4.78, 5) is 0. The van der Waals surface area contributed by atoms with E-state index in [0.29, 0.717) is 6.10 Å². The van der Waals surface area contributed by atoms with Crippen molar-refractivity contribution < 1.29 is 4.74 Å². The summed E-state index contributed by atoms with van der Waals surface area (Å²) in [5.74, 6) is 0. The lowest BCUT2D eigenvalue weighted by atomic mass is 9.98. The molecule has 0 amide bonds. The minimum Gasteiger partial charge on any atom is -0.374 e. The molecule has 1 aliphatic rings. The summed E-state index contributed by atoms with van der Waals surface area (Å²) in [5, 5.41) is 0. The zero-order chi connectivity index (χ0) is 11.2. The van der Waals surface area contributed by atoms with E-state index in [1.54, 1.807) is 0 Å². The molecule has 0 saturated heterocycles. The van der Waals surface area contributed by atoms with Crippen LogP contribution < -0.4 is 0 Å². The second-order valence-corrected chi connectivity index (χ2v) is 4.52. The highest BCUT2D eigenvalue weighted by atomic mass is 16.5. The Morgan fingerprint density at radius 3 is 2.44 bits per heavy atom. The first-order chi connectivity index (χ1) is 7.88. The number of hydrogen-bond acceptors (Lipinski definition) is 1. The van der Waals surface area contributed by atoms with Gasteiger partial charge in [-0.2, -0.15) is 0 Å². The first-order valence-corrected chi connectivity index (χ1v) is 6.21. The van der Waals surface area contributed by atoms with Crippen LogP contribution in [0.1, 0.15) is 43.2 Å². The van der Waals surface area contributed by atoms with Crippen LogP contribution in [0.3, 0.4) is 0 Å². The Morgan fingerprint density at radius 1 is 1.12 bits per heavy atom. The Labute approximate surface area is 98.1 Å². The smallest absolute Gasteiger partial charge is 0.0720 e. The van der Waals surface area contributed by atoms with Gasteiger partial charge in [0.15, 0.2) is 0 Å². The van der Waals surface area contributed by atoms with Crippen molar-refractivity contribution in [3.8, 4) is 0 Å². The Hall–Kier alpha value is -1.08. The molecule has 1 fully saturated rings. The van der Waals surface area contributed by atoms with Crippen molar-refractivity contribution in [3.63, 3.8) is 0 Å². The average molecular weight is 216 g/mol. The van der Waals surface area contributed by atoms with Crippen molar-refractivity contribution in [1.29, 1.82) is 0 Å². The molecule has 16 heavy (non-hydrogen) atoms. The summed E-state index contributed by atoms with van der Waals surface area (Å²) in [6.45, 7) is 4.50. The van der Waals surface area contributed by atoms with E-state index in [2.05, 4.69) is 30.8 Å². The van der Waals surface area contributed by atoms with Gasteiger partial charge in [0.1, 0.15) is 0 Å². The number of benzene rings is 1. The minimum absolute atomic E-state index is 0.493. The van der Waals surface area contributed by atoms with Crippen molar-refractivity contribution in [2.24, 2.45) is 0 Å². The van der Waals surface area contributed by atoms with E-state index in [-0.39, 0.29) is 0 Å². The van der Waals surface area contributed by atoms with Crippen molar-refractivity contribution in [3.05, 3.63) is 42.0 Å². The minimum atomic E-state index is 0.493. The lowest BCUT2D eigenvalue weighted by Crippen LogP contribution is -2.16. The third kappa shape index (κ3) is 3.21. The van der Waals surface area contributed by atoms with Crippen molar-refractivity contribution in [1.82, 2.24) is 0 Å².